The van der Waals surface area contributed by atoms with E-state index in [1.165, 1.54) is 4.90 Å². The summed E-state index contributed by atoms with van der Waals surface area (Å²) in [4.78, 5) is 1.30. The molecule has 1 aliphatic carbocycles. The molecule has 1 fully saturated rings. The Labute approximate surface area is 113 Å². The van der Waals surface area contributed by atoms with Crippen molar-refractivity contribution in [3.05, 3.63) is 0 Å². The summed E-state index contributed by atoms with van der Waals surface area (Å²) in [7, 11) is 0. The van der Waals surface area contributed by atoms with E-state index in [-0.39, 0.29) is 18.6 Å². The predicted molar refractivity (Wildman–Crippen MR) is 68.7 cm³/mol. The van der Waals surface area contributed by atoms with Gasteiger partial charge in [-0.1, -0.05) is 19.8 Å². The molecule has 3 nitrogen and oxygen atoms in total. The molecule has 0 spiro atoms. The van der Waals surface area contributed by atoms with E-state index in [9.17, 15) is 13.2 Å². The van der Waals surface area contributed by atoms with Crippen LogP contribution in [0.4, 0.5) is 13.2 Å². The highest BCUT2D eigenvalue weighted by molar-refractivity contribution is 4.89. The lowest BCUT2D eigenvalue weighted by Gasteiger charge is -2.42. The Morgan fingerprint density at radius 2 is 2.11 bits per heavy atom. The van der Waals surface area contributed by atoms with Gasteiger partial charge in [0.2, 0.25) is 0 Å². The van der Waals surface area contributed by atoms with Crippen LogP contribution in [0.3, 0.4) is 0 Å². The Morgan fingerprint density at radius 3 is 2.58 bits per heavy atom. The second kappa shape index (κ2) is 6.90. The van der Waals surface area contributed by atoms with E-state index < -0.39 is 12.7 Å². The normalized spacial score (nSPS) is 28.9. The second-order valence-corrected chi connectivity index (χ2v) is 5.96. The van der Waals surface area contributed by atoms with Gasteiger partial charge in [-0.25, -0.2) is 0 Å². The fourth-order valence-corrected chi connectivity index (χ4v) is 3.25. The van der Waals surface area contributed by atoms with E-state index >= 15 is 0 Å². The number of rotatable bonds is 6. The van der Waals surface area contributed by atoms with Gasteiger partial charge < -0.3 is 10.8 Å². The van der Waals surface area contributed by atoms with E-state index in [0.29, 0.717) is 19.0 Å². The topological polar surface area (TPSA) is 49.5 Å². The summed E-state index contributed by atoms with van der Waals surface area (Å²) >= 11 is 0. The Balaban J connectivity index is 2.68. The minimum atomic E-state index is -4.23. The minimum Gasteiger partial charge on any atom is -0.395 e. The van der Waals surface area contributed by atoms with Crippen molar-refractivity contribution in [1.29, 1.82) is 0 Å². The van der Waals surface area contributed by atoms with Crippen LogP contribution in [-0.4, -0.2) is 49.0 Å². The Morgan fingerprint density at radius 1 is 1.42 bits per heavy atom. The summed E-state index contributed by atoms with van der Waals surface area (Å²) in [5.41, 5.74) is 5.61. The lowest BCUT2D eigenvalue weighted by atomic mass is 9.69. The highest BCUT2D eigenvalue weighted by Crippen LogP contribution is 2.39. The first-order chi connectivity index (χ1) is 8.80. The fourth-order valence-electron chi connectivity index (χ4n) is 3.25. The lowest BCUT2D eigenvalue weighted by Crippen LogP contribution is -2.48. The van der Waals surface area contributed by atoms with Crippen LogP contribution in [0.25, 0.3) is 0 Å². The lowest BCUT2D eigenvalue weighted by molar-refractivity contribution is -0.151. The maximum atomic E-state index is 12.5. The molecule has 1 aliphatic rings. The van der Waals surface area contributed by atoms with Crippen molar-refractivity contribution >= 4 is 0 Å². The monoisotopic (exact) mass is 282 g/mol. The van der Waals surface area contributed by atoms with Crippen molar-refractivity contribution in [2.45, 2.75) is 38.8 Å². The van der Waals surface area contributed by atoms with Crippen LogP contribution in [0.1, 0.15) is 32.6 Å². The van der Waals surface area contributed by atoms with E-state index in [1.54, 1.807) is 0 Å². The molecule has 1 rings (SSSR count). The third kappa shape index (κ3) is 5.67. The SMILES string of the molecule is CC1CCCC(CN)(CN(CCO)CC(F)(F)F)C1. The van der Waals surface area contributed by atoms with Gasteiger partial charge >= 0.3 is 6.18 Å². The maximum absolute atomic E-state index is 12.5. The molecule has 2 atom stereocenters. The number of hydrogen-bond acceptors (Lipinski definition) is 3. The zero-order valence-corrected chi connectivity index (χ0v) is 11.5. The van der Waals surface area contributed by atoms with Gasteiger partial charge in [-0.2, -0.15) is 13.2 Å². The summed E-state index contributed by atoms with van der Waals surface area (Å²) in [5, 5.41) is 8.93. The van der Waals surface area contributed by atoms with E-state index in [1.807, 2.05) is 0 Å². The molecule has 2 unspecified atom stereocenters. The number of alkyl halides is 3. The molecule has 0 heterocycles. The first kappa shape index (κ1) is 16.7. The molecular weight excluding hydrogens is 257 g/mol. The molecule has 19 heavy (non-hydrogen) atoms. The third-order valence-electron chi connectivity index (χ3n) is 4.00. The van der Waals surface area contributed by atoms with Crippen molar-refractivity contribution in [3.8, 4) is 0 Å². The largest absolute Gasteiger partial charge is 0.401 e. The molecule has 0 aromatic rings. The first-order valence-corrected chi connectivity index (χ1v) is 6.90. The molecule has 0 bridgehead atoms. The Bertz CT molecular complexity index is 273. The van der Waals surface area contributed by atoms with Crippen molar-refractivity contribution in [3.63, 3.8) is 0 Å². The second-order valence-electron chi connectivity index (χ2n) is 5.96. The molecule has 6 heteroatoms. The molecule has 0 aromatic carbocycles. The van der Waals surface area contributed by atoms with E-state index in [4.69, 9.17) is 10.8 Å². The molecule has 0 aromatic heterocycles. The van der Waals surface area contributed by atoms with Gasteiger partial charge in [-0.3, -0.25) is 4.90 Å². The summed E-state index contributed by atoms with van der Waals surface area (Å²) < 4.78 is 37.6. The van der Waals surface area contributed by atoms with Crippen LogP contribution in [0.5, 0.6) is 0 Å². The molecular formula is C13H25F3N2O. The average Bonchev–Trinajstić information content (AvgIpc) is 2.27. The van der Waals surface area contributed by atoms with Crippen LogP contribution >= 0.6 is 0 Å². The third-order valence-corrected chi connectivity index (χ3v) is 4.00. The first-order valence-electron chi connectivity index (χ1n) is 6.90. The molecule has 114 valence electrons. The van der Waals surface area contributed by atoms with Crippen molar-refractivity contribution in [2.24, 2.45) is 17.1 Å². The zero-order valence-electron chi connectivity index (χ0n) is 11.5. The molecule has 3 N–H and O–H groups in total. The van der Waals surface area contributed by atoms with E-state index in [0.717, 1.165) is 25.7 Å². The number of aliphatic hydroxyl groups excluding tert-OH is 1. The van der Waals surface area contributed by atoms with E-state index in [2.05, 4.69) is 6.92 Å². The molecule has 0 saturated heterocycles. The smallest absolute Gasteiger partial charge is 0.395 e. The van der Waals surface area contributed by atoms with Gasteiger partial charge in [0, 0.05) is 13.1 Å². The predicted octanol–water partition coefficient (Wildman–Crippen LogP) is 2.00. The number of nitrogens with zero attached hydrogens (tertiary/aromatic N) is 1. The Kier molecular flexibility index (Phi) is 6.08. The minimum absolute atomic E-state index is 0.0512. The van der Waals surface area contributed by atoms with Gasteiger partial charge in [0.1, 0.15) is 0 Å². The highest BCUT2D eigenvalue weighted by atomic mass is 19.4. The number of hydrogen-bond donors (Lipinski definition) is 2. The highest BCUT2D eigenvalue weighted by Gasteiger charge is 2.38. The molecule has 0 radical (unpaired) electrons. The van der Waals surface area contributed by atoms with Gasteiger partial charge in [-0.15, -0.1) is 0 Å². The average molecular weight is 282 g/mol. The molecule has 0 amide bonds. The summed E-state index contributed by atoms with van der Waals surface area (Å²) in [6, 6.07) is 0. The van der Waals surface area contributed by atoms with Crippen molar-refractivity contribution < 1.29 is 18.3 Å². The van der Waals surface area contributed by atoms with Gasteiger partial charge in [0.25, 0.3) is 0 Å². The zero-order chi connectivity index (χ0) is 14.5. The Hall–Kier alpha value is -0.330. The summed E-state index contributed by atoms with van der Waals surface area (Å²) in [5.74, 6) is 0.513. The molecule has 1 saturated carbocycles. The maximum Gasteiger partial charge on any atom is 0.401 e. The van der Waals surface area contributed by atoms with Gasteiger partial charge in [0.05, 0.1) is 13.2 Å². The standard InChI is InChI=1S/C13H25F3N2O/c1-11-3-2-4-12(7-11,8-17)9-18(5-6-19)10-13(14,15)16/h11,19H,2-10,17H2,1H3. The number of nitrogens with two attached hydrogens (primary N) is 1. The van der Waals surface area contributed by atoms with Crippen LogP contribution in [-0.2, 0) is 0 Å². The van der Waals surface area contributed by atoms with Crippen LogP contribution in [0, 0.1) is 11.3 Å². The van der Waals surface area contributed by atoms with Crippen molar-refractivity contribution in [1.82, 2.24) is 4.90 Å². The van der Waals surface area contributed by atoms with Crippen LogP contribution < -0.4 is 5.73 Å². The van der Waals surface area contributed by atoms with Crippen LogP contribution in [0.2, 0.25) is 0 Å². The van der Waals surface area contributed by atoms with Crippen LogP contribution in [0.15, 0.2) is 0 Å². The summed E-state index contributed by atoms with van der Waals surface area (Å²) in [6.07, 6.45) is -0.319. The number of halogens is 3. The number of aliphatic hydroxyl groups is 1. The van der Waals surface area contributed by atoms with Gasteiger partial charge in [0.15, 0.2) is 0 Å². The fraction of sp³-hybridized carbons (Fsp3) is 1.00. The summed E-state index contributed by atoms with van der Waals surface area (Å²) in [6.45, 7) is 1.69. The van der Waals surface area contributed by atoms with Gasteiger partial charge in [-0.05, 0) is 30.7 Å². The molecule has 0 aliphatic heterocycles. The van der Waals surface area contributed by atoms with Crippen molar-refractivity contribution in [2.75, 3.05) is 32.8 Å². The quantitative estimate of drug-likeness (QED) is 0.783.